The van der Waals surface area contributed by atoms with Gasteiger partial charge in [0.25, 0.3) is 0 Å². The van der Waals surface area contributed by atoms with Crippen molar-refractivity contribution < 1.29 is 9.47 Å². The van der Waals surface area contributed by atoms with Crippen LogP contribution >= 0.6 is 0 Å². The highest BCUT2D eigenvalue weighted by Crippen LogP contribution is 2.03. The molecule has 0 aromatic rings. The van der Waals surface area contributed by atoms with Crippen molar-refractivity contribution in [3.8, 4) is 0 Å². The first-order chi connectivity index (χ1) is 4.81. The van der Waals surface area contributed by atoms with Gasteiger partial charge in [-0.05, 0) is 19.8 Å². The molecule has 61 valence electrons. The van der Waals surface area contributed by atoms with E-state index in [0.717, 1.165) is 26.1 Å². The third-order valence-electron chi connectivity index (χ3n) is 1.02. The van der Waals surface area contributed by atoms with E-state index in [1.54, 1.807) is 0 Å². The zero-order valence-electron chi connectivity index (χ0n) is 7.14. The molecule has 0 aromatic carbocycles. The molecule has 0 rings (SSSR count). The molecule has 0 atom stereocenters. The van der Waals surface area contributed by atoms with Gasteiger partial charge in [-0.2, -0.15) is 0 Å². The smallest absolute Gasteiger partial charge is 0.220 e. The van der Waals surface area contributed by atoms with Crippen molar-refractivity contribution >= 4 is 0 Å². The van der Waals surface area contributed by atoms with E-state index in [0.29, 0.717) is 6.29 Å². The van der Waals surface area contributed by atoms with E-state index in [4.69, 9.17) is 9.47 Å². The summed E-state index contributed by atoms with van der Waals surface area (Å²) in [5.41, 5.74) is 0. The van der Waals surface area contributed by atoms with Crippen molar-refractivity contribution in [2.75, 3.05) is 13.2 Å². The second-order valence-electron chi connectivity index (χ2n) is 2.19. The maximum Gasteiger partial charge on any atom is 0.220 e. The van der Waals surface area contributed by atoms with Crippen molar-refractivity contribution in [3.05, 3.63) is 6.29 Å². The molecular formula is C8H17O2. The first-order valence-electron chi connectivity index (χ1n) is 3.90. The van der Waals surface area contributed by atoms with Crippen molar-refractivity contribution in [1.82, 2.24) is 0 Å². The van der Waals surface area contributed by atoms with E-state index in [2.05, 4.69) is 13.8 Å². The molecule has 2 heteroatoms. The van der Waals surface area contributed by atoms with Crippen LogP contribution in [-0.4, -0.2) is 13.2 Å². The largest absolute Gasteiger partial charge is 0.346 e. The summed E-state index contributed by atoms with van der Waals surface area (Å²) in [4.78, 5) is 0. The van der Waals surface area contributed by atoms with Crippen LogP contribution in [-0.2, 0) is 9.47 Å². The molecule has 2 nitrogen and oxygen atoms in total. The molecule has 0 amide bonds. The van der Waals surface area contributed by atoms with Crippen molar-refractivity contribution in [1.29, 1.82) is 0 Å². The van der Waals surface area contributed by atoms with Crippen LogP contribution in [0.4, 0.5) is 0 Å². The second-order valence-corrected chi connectivity index (χ2v) is 2.19. The summed E-state index contributed by atoms with van der Waals surface area (Å²) < 4.78 is 10.4. The minimum atomic E-state index is 0.698. The Morgan fingerprint density at radius 3 is 1.70 bits per heavy atom. The average molecular weight is 145 g/mol. The van der Waals surface area contributed by atoms with Crippen LogP contribution in [0.15, 0.2) is 0 Å². The van der Waals surface area contributed by atoms with E-state index in [1.807, 2.05) is 6.92 Å². The fraction of sp³-hybridized carbons (Fsp3) is 0.875. The fourth-order valence-electron chi connectivity index (χ4n) is 0.533. The summed E-state index contributed by atoms with van der Waals surface area (Å²) in [6, 6.07) is 0. The Labute approximate surface area is 63.5 Å². The molecule has 0 aliphatic rings. The molecule has 0 unspecified atom stereocenters. The Kier molecular flexibility index (Phi) is 6.98. The summed E-state index contributed by atoms with van der Waals surface area (Å²) in [5, 5.41) is 0. The molecule has 0 aromatic heterocycles. The second kappa shape index (κ2) is 7.03. The van der Waals surface area contributed by atoms with Gasteiger partial charge in [-0.1, -0.05) is 13.8 Å². The Bertz CT molecular complexity index is 56.3. The lowest BCUT2D eigenvalue weighted by Crippen LogP contribution is -2.05. The number of ether oxygens (including phenoxy) is 2. The van der Waals surface area contributed by atoms with E-state index >= 15 is 0 Å². The minimum absolute atomic E-state index is 0.698. The fourth-order valence-corrected chi connectivity index (χ4v) is 0.533. The summed E-state index contributed by atoms with van der Waals surface area (Å²) in [7, 11) is 0. The number of hydrogen-bond acceptors (Lipinski definition) is 2. The first-order valence-corrected chi connectivity index (χ1v) is 3.90. The molecule has 0 saturated carbocycles. The minimum Gasteiger partial charge on any atom is -0.346 e. The monoisotopic (exact) mass is 145 g/mol. The summed E-state index contributed by atoms with van der Waals surface area (Å²) in [6.45, 7) is 7.52. The van der Waals surface area contributed by atoms with Crippen molar-refractivity contribution in [3.63, 3.8) is 0 Å². The third-order valence-corrected chi connectivity index (χ3v) is 1.02. The SMILES string of the molecule is CCCO[C](C)OCCC. The standard InChI is InChI=1S/C8H17O2/c1-4-6-9-8(3)10-7-5-2/h4-7H2,1-3H3. The van der Waals surface area contributed by atoms with Gasteiger partial charge >= 0.3 is 0 Å². The molecule has 0 aliphatic heterocycles. The van der Waals surface area contributed by atoms with E-state index in [9.17, 15) is 0 Å². The quantitative estimate of drug-likeness (QED) is 0.571. The Morgan fingerprint density at radius 1 is 1.00 bits per heavy atom. The van der Waals surface area contributed by atoms with E-state index in [-0.39, 0.29) is 0 Å². The van der Waals surface area contributed by atoms with Crippen LogP contribution in [0.3, 0.4) is 0 Å². The highest BCUT2D eigenvalue weighted by molar-refractivity contribution is 4.53. The molecule has 0 saturated heterocycles. The summed E-state index contributed by atoms with van der Waals surface area (Å²) in [6.07, 6.45) is 2.77. The maximum absolute atomic E-state index is 5.19. The van der Waals surface area contributed by atoms with Crippen molar-refractivity contribution in [2.24, 2.45) is 0 Å². The lowest BCUT2D eigenvalue weighted by atomic mass is 10.5. The van der Waals surface area contributed by atoms with Crippen LogP contribution in [0, 0.1) is 6.29 Å². The van der Waals surface area contributed by atoms with E-state index < -0.39 is 0 Å². The van der Waals surface area contributed by atoms with Gasteiger partial charge in [0.15, 0.2) is 0 Å². The summed E-state index contributed by atoms with van der Waals surface area (Å²) in [5.74, 6) is 0. The Balaban J connectivity index is 3.00. The molecule has 1 radical (unpaired) electrons. The van der Waals surface area contributed by atoms with E-state index in [1.165, 1.54) is 0 Å². The van der Waals surface area contributed by atoms with Gasteiger partial charge in [0, 0.05) is 13.2 Å². The topological polar surface area (TPSA) is 18.5 Å². The van der Waals surface area contributed by atoms with Crippen LogP contribution < -0.4 is 0 Å². The van der Waals surface area contributed by atoms with Gasteiger partial charge in [0.2, 0.25) is 6.29 Å². The lowest BCUT2D eigenvalue weighted by Gasteiger charge is -2.10. The van der Waals surface area contributed by atoms with Gasteiger partial charge in [0.1, 0.15) is 0 Å². The normalized spacial score (nSPS) is 10.8. The third kappa shape index (κ3) is 6.05. The first kappa shape index (κ1) is 9.92. The highest BCUT2D eigenvalue weighted by Gasteiger charge is 2.00. The molecule has 0 N–H and O–H groups in total. The molecule has 10 heavy (non-hydrogen) atoms. The maximum atomic E-state index is 5.19. The molecule has 0 fully saturated rings. The Hall–Kier alpha value is -0.0800. The van der Waals surface area contributed by atoms with Gasteiger partial charge in [-0.25, -0.2) is 0 Å². The molecular weight excluding hydrogens is 128 g/mol. The molecule has 0 bridgehead atoms. The van der Waals surface area contributed by atoms with Crippen LogP contribution in [0.2, 0.25) is 0 Å². The highest BCUT2D eigenvalue weighted by atomic mass is 16.7. The molecule has 0 spiro atoms. The van der Waals surface area contributed by atoms with Gasteiger partial charge < -0.3 is 9.47 Å². The molecule has 0 aliphatic carbocycles. The lowest BCUT2D eigenvalue weighted by molar-refractivity contribution is -0.0367. The van der Waals surface area contributed by atoms with Crippen LogP contribution in [0.5, 0.6) is 0 Å². The number of rotatable bonds is 6. The number of hydrogen-bond donors (Lipinski definition) is 0. The van der Waals surface area contributed by atoms with Gasteiger partial charge in [0.05, 0.1) is 0 Å². The van der Waals surface area contributed by atoms with Crippen molar-refractivity contribution in [2.45, 2.75) is 33.6 Å². The average Bonchev–Trinajstić information content (AvgIpc) is 1.97. The zero-order valence-corrected chi connectivity index (χ0v) is 7.14. The predicted octanol–water partition coefficient (Wildman–Crippen LogP) is 2.35. The zero-order chi connectivity index (χ0) is 7.82. The van der Waals surface area contributed by atoms with Gasteiger partial charge in [-0.15, -0.1) is 0 Å². The van der Waals surface area contributed by atoms with Gasteiger partial charge in [-0.3, -0.25) is 0 Å². The molecule has 0 heterocycles. The summed E-state index contributed by atoms with van der Waals surface area (Å²) >= 11 is 0. The van der Waals surface area contributed by atoms with Crippen LogP contribution in [0.25, 0.3) is 0 Å². The predicted molar refractivity (Wildman–Crippen MR) is 41.4 cm³/mol. The Morgan fingerprint density at radius 2 is 1.40 bits per heavy atom. The van der Waals surface area contributed by atoms with Crippen LogP contribution in [0.1, 0.15) is 33.6 Å².